The fourth-order valence-corrected chi connectivity index (χ4v) is 0.810. The van der Waals surface area contributed by atoms with Gasteiger partial charge in [0.05, 0.1) is 5.69 Å². The molecule has 0 radical (unpaired) electrons. The molecule has 0 saturated carbocycles. The maximum Gasteiger partial charge on any atom is 0.409 e. The molecule has 0 aliphatic rings. The molecular weight excluding hydrogens is 183 g/mol. The highest BCUT2D eigenvalue weighted by atomic mass is 19.4. The van der Waals surface area contributed by atoms with Crippen LogP contribution in [0, 0.1) is 0 Å². The summed E-state index contributed by atoms with van der Waals surface area (Å²) < 4.78 is 36.2. The van der Waals surface area contributed by atoms with Crippen LogP contribution in [0.4, 0.5) is 19.0 Å². The quantitative estimate of drug-likeness (QED) is 0.701. The summed E-state index contributed by atoms with van der Waals surface area (Å²) in [6.45, 7) is 0. The van der Waals surface area contributed by atoms with E-state index in [1.54, 1.807) is 0 Å². The van der Waals surface area contributed by atoms with E-state index in [0.717, 1.165) is 0 Å². The van der Waals surface area contributed by atoms with Gasteiger partial charge in [0.2, 0.25) is 0 Å². The minimum atomic E-state index is -4.49. The standard InChI is InChI=1S/C7H8F3N3/c8-7(9,10)6(12)4-2-1-3-5(11)13-4/h1-3,6H,12H2,(H2,11,13). The van der Waals surface area contributed by atoms with Crippen LogP contribution in [0.3, 0.4) is 0 Å². The van der Waals surface area contributed by atoms with Crippen LogP contribution in [0.5, 0.6) is 0 Å². The fourth-order valence-electron chi connectivity index (χ4n) is 0.810. The van der Waals surface area contributed by atoms with Crippen LogP contribution in [0.1, 0.15) is 11.7 Å². The second kappa shape index (κ2) is 3.21. The number of hydrogen-bond donors (Lipinski definition) is 2. The number of nitrogens with two attached hydrogens (primary N) is 2. The lowest BCUT2D eigenvalue weighted by atomic mass is 10.2. The summed E-state index contributed by atoms with van der Waals surface area (Å²) in [6.07, 6.45) is -4.49. The topological polar surface area (TPSA) is 64.9 Å². The second-order valence-corrected chi connectivity index (χ2v) is 2.51. The van der Waals surface area contributed by atoms with E-state index in [2.05, 4.69) is 4.98 Å². The average molecular weight is 191 g/mol. The summed E-state index contributed by atoms with van der Waals surface area (Å²) in [5, 5.41) is 0. The average Bonchev–Trinajstić information content (AvgIpc) is 2.01. The Morgan fingerprint density at radius 1 is 1.31 bits per heavy atom. The van der Waals surface area contributed by atoms with Crippen molar-refractivity contribution in [3.05, 3.63) is 23.9 Å². The van der Waals surface area contributed by atoms with Gasteiger partial charge in [-0.05, 0) is 12.1 Å². The number of aromatic nitrogens is 1. The third-order valence-electron chi connectivity index (χ3n) is 1.46. The Morgan fingerprint density at radius 2 is 1.92 bits per heavy atom. The van der Waals surface area contributed by atoms with Gasteiger partial charge in [-0.1, -0.05) is 6.07 Å². The maximum atomic E-state index is 12.1. The van der Waals surface area contributed by atoms with Gasteiger partial charge in [-0.25, -0.2) is 4.98 Å². The SMILES string of the molecule is Nc1cccc(C(N)C(F)(F)F)n1. The first kappa shape index (κ1) is 9.79. The van der Waals surface area contributed by atoms with E-state index in [4.69, 9.17) is 11.5 Å². The molecule has 0 spiro atoms. The van der Waals surface area contributed by atoms with E-state index >= 15 is 0 Å². The number of pyridine rings is 1. The molecule has 0 aliphatic carbocycles. The van der Waals surface area contributed by atoms with Crippen molar-refractivity contribution >= 4 is 5.82 Å². The van der Waals surface area contributed by atoms with Gasteiger partial charge in [0.25, 0.3) is 0 Å². The van der Waals surface area contributed by atoms with Crippen molar-refractivity contribution in [3.8, 4) is 0 Å². The van der Waals surface area contributed by atoms with Crippen LogP contribution >= 0.6 is 0 Å². The Labute approximate surface area is 72.6 Å². The van der Waals surface area contributed by atoms with Crippen LogP contribution in [0.25, 0.3) is 0 Å². The lowest BCUT2D eigenvalue weighted by Gasteiger charge is -2.14. The van der Waals surface area contributed by atoms with Crippen LogP contribution in [-0.2, 0) is 0 Å². The van der Waals surface area contributed by atoms with Crippen molar-refractivity contribution in [2.75, 3.05) is 5.73 Å². The van der Waals surface area contributed by atoms with Gasteiger partial charge in [-0.15, -0.1) is 0 Å². The van der Waals surface area contributed by atoms with Crippen molar-refractivity contribution in [2.45, 2.75) is 12.2 Å². The highest BCUT2D eigenvalue weighted by molar-refractivity contribution is 5.30. The van der Waals surface area contributed by atoms with Crippen LogP contribution in [0.2, 0.25) is 0 Å². The molecule has 0 aromatic carbocycles. The number of nitrogens with zero attached hydrogens (tertiary/aromatic N) is 1. The number of anilines is 1. The van der Waals surface area contributed by atoms with Gasteiger partial charge >= 0.3 is 6.18 Å². The zero-order chi connectivity index (χ0) is 10.1. The molecule has 0 saturated heterocycles. The van der Waals surface area contributed by atoms with Gasteiger partial charge in [-0.3, -0.25) is 0 Å². The molecule has 0 amide bonds. The monoisotopic (exact) mass is 191 g/mol. The number of halogens is 3. The lowest BCUT2D eigenvalue weighted by molar-refractivity contribution is -0.149. The largest absolute Gasteiger partial charge is 0.409 e. The minimum absolute atomic E-state index is 0.0252. The molecule has 1 aromatic heterocycles. The van der Waals surface area contributed by atoms with Gasteiger partial charge in [0, 0.05) is 0 Å². The summed E-state index contributed by atoms with van der Waals surface area (Å²) in [7, 11) is 0. The van der Waals surface area contributed by atoms with Crippen LogP contribution < -0.4 is 11.5 Å². The zero-order valence-electron chi connectivity index (χ0n) is 6.55. The number of nitrogen functional groups attached to an aromatic ring is 1. The molecule has 0 fully saturated rings. The van der Waals surface area contributed by atoms with Crippen molar-refractivity contribution in [3.63, 3.8) is 0 Å². The predicted molar refractivity (Wildman–Crippen MR) is 41.6 cm³/mol. The Hall–Kier alpha value is -1.30. The molecule has 3 nitrogen and oxygen atoms in total. The highest BCUT2D eigenvalue weighted by Crippen LogP contribution is 2.29. The maximum absolute atomic E-state index is 12.1. The third-order valence-corrected chi connectivity index (χ3v) is 1.46. The summed E-state index contributed by atoms with van der Waals surface area (Å²) in [6, 6.07) is 1.89. The van der Waals surface area contributed by atoms with Gasteiger partial charge in [-0.2, -0.15) is 13.2 Å². The molecule has 1 atom stereocenters. The van der Waals surface area contributed by atoms with E-state index in [1.807, 2.05) is 0 Å². The van der Waals surface area contributed by atoms with Gasteiger partial charge in [0.1, 0.15) is 11.9 Å². The number of alkyl halides is 3. The fraction of sp³-hybridized carbons (Fsp3) is 0.286. The predicted octanol–water partition coefficient (Wildman–Crippen LogP) is 1.23. The number of rotatable bonds is 1. The first-order valence-corrected chi connectivity index (χ1v) is 3.46. The molecule has 0 bridgehead atoms. The molecule has 13 heavy (non-hydrogen) atoms. The number of hydrogen-bond acceptors (Lipinski definition) is 3. The Bertz CT molecular complexity index is 297. The molecule has 1 heterocycles. The minimum Gasteiger partial charge on any atom is -0.384 e. The summed E-state index contributed by atoms with van der Waals surface area (Å²) in [4.78, 5) is 3.47. The lowest BCUT2D eigenvalue weighted by Crippen LogP contribution is -2.29. The van der Waals surface area contributed by atoms with Crippen molar-refractivity contribution in [1.82, 2.24) is 4.98 Å². The van der Waals surface area contributed by atoms with Crippen molar-refractivity contribution < 1.29 is 13.2 Å². The Kier molecular flexibility index (Phi) is 2.42. The van der Waals surface area contributed by atoms with Crippen LogP contribution in [0.15, 0.2) is 18.2 Å². The second-order valence-electron chi connectivity index (χ2n) is 2.51. The molecular formula is C7H8F3N3. The first-order valence-electron chi connectivity index (χ1n) is 3.46. The molecule has 1 aromatic rings. The molecule has 1 unspecified atom stereocenters. The smallest absolute Gasteiger partial charge is 0.384 e. The normalized spacial score (nSPS) is 14.2. The molecule has 1 rings (SSSR count). The molecule has 4 N–H and O–H groups in total. The van der Waals surface area contributed by atoms with Gasteiger partial charge < -0.3 is 11.5 Å². The van der Waals surface area contributed by atoms with E-state index in [1.165, 1.54) is 18.2 Å². The highest BCUT2D eigenvalue weighted by Gasteiger charge is 2.38. The summed E-state index contributed by atoms with van der Waals surface area (Å²) >= 11 is 0. The zero-order valence-corrected chi connectivity index (χ0v) is 6.55. The van der Waals surface area contributed by atoms with E-state index in [9.17, 15) is 13.2 Å². The molecule has 72 valence electrons. The summed E-state index contributed by atoms with van der Waals surface area (Å²) in [5.41, 5.74) is 9.83. The molecule has 0 aliphatic heterocycles. The van der Waals surface area contributed by atoms with Crippen LogP contribution in [-0.4, -0.2) is 11.2 Å². The first-order chi connectivity index (χ1) is 5.91. The summed E-state index contributed by atoms with van der Waals surface area (Å²) in [5.74, 6) is 0.0252. The van der Waals surface area contributed by atoms with Crippen molar-refractivity contribution in [2.24, 2.45) is 5.73 Å². The third kappa shape index (κ3) is 2.32. The van der Waals surface area contributed by atoms with E-state index in [0.29, 0.717) is 0 Å². The van der Waals surface area contributed by atoms with Crippen molar-refractivity contribution in [1.29, 1.82) is 0 Å². The molecule has 6 heteroatoms. The van der Waals surface area contributed by atoms with Gasteiger partial charge in [0.15, 0.2) is 0 Å². The van der Waals surface area contributed by atoms with E-state index < -0.39 is 12.2 Å². The Morgan fingerprint density at radius 3 is 2.38 bits per heavy atom. The van der Waals surface area contributed by atoms with E-state index in [-0.39, 0.29) is 11.5 Å². The Balaban J connectivity index is 2.96.